The smallest absolute Gasteiger partial charge is 0.264 e. The summed E-state index contributed by atoms with van der Waals surface area (Å²) in [5.74, 6) is -0.962. The Bertz CT molecular complexity index is 1750. The maximum atomic E-state index is 14.6. The molecule has 0 aliphatic carbocycles. The number of hydrogen-bond donors (Lipinski definition) is 1. The van der Waals surface area contributed by atoms with Gasteiger partial charge in [0.1, 0.15) is 12.6 Å². The molecular weight excluding hydrogens is 665 g/mol. The molecule has 0 saturated heterocycles. The predicted molar refractivity (Wildman–Crippen MR) is 186 cm³/mol. The van der Waals surface area contributed by atoms with Gasteiger partial charge in [0.25, 0.3) is 10.0 Å². The van der Waals surface area contributed by atoms with Gasteiger partial charge in [-0.15, -0.1) is 0 Å². The first-order valence-corrected chi connectivity index (χ1v) is 17.4. The molecule has 0 spiro atoms. The minimum atomic E-state index is -4.32. The normalized spacial score (nSPS) is 12.7. The van der Waals surface area contributed by atoms with Crippen molar-refractivity contribution >= 4 is 62.3 Å². The monoisotopic (exact) mass is 699 g/mol. The molecule has 4 aromatic rings. The Hall–Kier alpha value is -3.56. The first-order chi connectivity index (χ1) is 21.9. The summed E-state index contributed by atoms with van der Waals surface area (Å²) in [5, 5.41) is 3.64. The van der Waals surface area contributed by atoms with Crippen LogP contribution in [0, 0.1) is 6.92 Å². The van der Waals surface area contributed by atoms with Crippen molar-refractivity contribution in [1.29, 1.82) is 0 Å². The third-order valence-electron chi connectivity index (χ3n) is 7.63. The zero-order chi connectivity index (χ0) is 33.4. The fourth-order valence-corrected chi connectivity index (χ4v) is 6.82. The Balaban J connectivity index is 1.83. The van der Waals surface area contributed by atoms with Crippen LogP contribution in [0.5, 0.6) is 0 Å². The van der Waals surface area contributed by atoms with Gasteiger partial charge in [-0.1, -0.05) is 108 Å². The molecule has 0 bridgehead atoms. The number of nitrogens with one attached hydrogen (secondary N) is 1. The van der Waals surface area contributed by atoms with Crippen LogP contribution in [-0.4, -0.2) is 43.8 Å². The van der Waals surface area contributed by atoms with Crippen molar-refractivity contribution in [1.82, 2.24) is 10.2 Å². The first kappa shape index (κ1) is 35.3. The minimum absolute atomic E-state index is 0.0170. The lowest BCUT2D eigenvalue weighted by Gasteiger charge is -2.34. The summed E-state index contributed by atoms with van der Waals surface area (Å²) >= 11 is 19.0. The molecule has 46 heavy (non-hydrogen) atoms. The molecule has 11 heteroatoms. The van der Waals surface area contributed by atoms with Crippen LogP contribution >= 0.6 is 34.8 Å². The largest absolute Gasteiger partial charge is 0.352 e. The Morgan fingerprint density at radius 1 is 0.826 bits per heavy atom. The van der Waals surface area contributed by atoms with Crippen LogP contribution in [0.3, 0.4) is 0 Å². The number of benzene rings is 4. The molecule has 0 saturated carbocycles. The highest BCUT2D eigenvalue weighted by Gasteiger charge is 2.35. The summed E-state index contributed by atoms with van der Waals surface area (Å²) in [6.07, 6.45) is 0.885. The molecule has 4 rings (SSSR count). The Labute approximate surface area is 286 Å². The third kappa shape index (κ3) is 8.82. The maximum absolute atomic E-state index is 14.6. The lowest BCUT2D eigenvalue weighted by atomic mass is 10.0. The van der Waals surface area contributed by atoms with Gasteiger partial charge in [0.05, 0.1) is 20.6 Å². The minimum Gasteiger partial charge on any atom is -0.352 e. The molecular formula is C35H36Cl3N3O4S. The number of hydrogen-bond acceptors (Lipinski definition) is 4. The Morgan fingerprint density at radius 3 is 2.11 bits per heavy atom. The topological polar surface area (TPSA) is 86.8 Å². The zero-order valence-electron chi connectivity index (χ0n) is 25.8. The van der Waals surface area contributed by atoms with E-state index in [0.717, 1.165) is 15.4 Å². The standard InChI is InChI=1S/C35H36Cl3N3O4S/c1-4-25(3)39-35(43)32(21-26-9-6-5-7-10-26)40(22-27-15-17-28(36)18-16-27)33(42)23-41(31-12-8-11-30(37)34(31)38)46(44,45)29-19-13-24(2)14-20-29/h5-20,25,32H,4,21-23H2,1-3H3,(H,39,43). The number of anilines is 1. The Morgan fingerprint density at radius 2 is 1.48 bits per heavy atom. The second kappa shape index (κ2) is 15.8. The second-order valence-corrected chi connectivity index (χ2v) is 14.2. The third-order valence-corrected chi connectivity index (χ3v) is 10.5. The fraction of sp³-hybridized carbons (Fsp3) is 0.257. The average molecular weight is 701 g/mol. The maximum Gasteiger partial charge on any atom is 0.264 e. The van der Waals surface area contributed by atoms with Crippen LogP contribution in [0.2, 0.25) is 15.1 Å². The van der Waals surface area contributed by atoms with Crippen molar-refractivity contribution in [3.05, 3.63) is 129 Å². The van der Waals surface area contributed by atoms with Crippen molar-refractivity contribution in [2.24, 2.45) is 0 Å². The molecule has 0 aromatic heterocycles. The molecule has 2 atom stereocenters. The molecule has 0 aliphatic heterocycles. The van der Waals surface area contributed by atoms with E-state index in [1.54, 1.807) is 42.5 Å². The highest BCUT2D eigenvalue weighted by atomic mass is 35.5. The van der Waals surface area contributed by atoms with Crippen LogP contribution in [0.15, 0.2) is 102 Å². The number of rotatable bonds is 13. The average Bonchev–Trinajstić information content (AvgIpc) is 3.04. The van der Waals surface area contributed by atoms with Gasteiger partial charge >= 0.3 is 0 Å². The van der Waals surface area contributed by atoms with Gasteiger partial charge in [0, 0.05) is 24.0 Å². The number of halogens is 3. The molecule has 0 fully saturated rings. The molecule has 4 aromatic carbocycles. The van der Waals surface area contributed by atoms with E-state index < -0.39 is 28.5 Å². The number of aryl methyl sites for hydroxylation is 1. The van der Waals surface area contributed by atoms with E-state index in [1.807, 2.05) is 51.1 Å². The van der Waals surface area contributed by atoms with Gasteiger partial charge in [-0.3, -0.25) is 13.9 Å². The van der Waals surface area contributed by atoms with Crippen molar-refractivity contribution in [2.45, 2.75) is 57.1 Å². The van der Waals surface area contributed by atoms with Crippen molar-refractivity contribution in [2.75, 3.05) is 10.8 Å². The van der Waals surface area contributed by atoms with Crippen LogP contribution in [0.4, 0.5) is 5.69 Å². The summed E-state index contributed by atoms with van der Waals surface area (Å²) in [6.45, 7) is 5.06. The number of sulfonamides is 1. The van der Waals surface area contributed by atoms with Gasteiger partial charge in [-0.05, 0) is 67.8 Å². The summed E-state index contributed by atoms with van der Waals surface area (Å²) < 4.78 is 29.4. The van der Waals surface area contributed by atoms with Gasteiger partial charge in [-0.25, -0.2) is 8.42 Å². The lowest BCUT2D eigenvalue weighted by molar-refractivity contribution is -0.140. The van der Waals surface area contributed by atoms with E-state index in [1.165, 1.54) is 29.2 Å². The predicted octanol–water partition coefficient (Wildman–Crippen LogP) is 7.71. The lowest BCUT2D eigenvalue weighted by Crippen LogP contribution is -2.54. The van der Waals surface area contributed by atoms with E-state index in [9.17, 15) is 18.0 Å². The van der Waals surface area contributed by atoms with Crippen LogP contribution in [0.25, 0.3) is 0 Å². The van der Waals surface area contributed by atoms with E-state index in [4.69, 9.17) is 34.8 Å². The van der Waals surface area contributed by atoms with Gasteiger partial charge in [-0.2, -0.15) is 0 Å². The molecule has 242 valence electrons. The molecule has 0 radical (unpaired) electrons. The number of amides is 2. The van der Waals surface area contributed by atoms with Crippen LogP contribution in [0.1, 0.15) is 37.0 Å². The number of nitrogens with zero attached hydrogens (tertiary/aromatic N) is 2. The zero-order valence-corrected chi connectivity index (χ0v) is 28.9. The van der Waals surface area contributed by atoms with Gasteiger partial charge < -0.3 is 10.2 Å². The fourth-order valence-electron chi connectivity index (χ4n) is 4.82. The highest BCUT2D eigenvalue weighted by molar-refractivity contribution is 7.92. The molecule has 0 heterocycles. The summed E-state index contributed by atoms with van der Waals surface area (Å²) in [6, 6.07) is 26.1. The van der Waals surface area contributed by atoms with E-state index in [-0.39, 0.29) is 45.5 Å². The van der Waals surface area contributed by atoms with E-state index >= 15 is 0 Å². The summed E-state index contributed by atoms with van der Waals surface area (Å²) in [4.78, 5) is 29.9. The van der Waals surface area contributed by atoms with Crippen molar-refractivity contribution < 1.29 is 18.0 Å². The first-order valence-electron chi connectivity index (χ1n) is 14.8. The Kier molecular flexibility index (Phi) is 12.1. The van der Waals surface area contributed by atoms with Gasteiger partial charge in [0.15, 0.2) is 0 Å². The van der Waals surface area contributed by atoms with Crippen molar-refractivity contribution in [3.63, 3.8) is 0 Å². The summed E-state index contributed by atoms with van der Waals surface area (Å²) in [7, 11) is -4.32. The van der Waals surface area contributed by atoms with Crippen LogP contribution in [-0.2, 0) is 32.6 Å². The van der Waals surface area contributed by atoms with Gasteiger partial charge in [0.2, 0.25) is 11.8 Å². The van der Waals surface area contributed by atoms with Crippen molar-refractivity contribution in [3.8, 4) is 0 Å². The molecule has 7 nitrogen and oxygen atoms in total. The quantitative estimate of drug-likeness (QED) is 0.155. The van der Waals surface area contributed by atoms with E-state index in [0.29, 0.717) is 17.0 Å². The van der Waals surface area contributed by atoms with Crippen LogP contribution < -0.4 is 9.62 Å². The highest BCUT2D eigenvalue weighted by Crippen LogP contribution is 2.35. The molecule has 0 aliphatic rings. The SMILES string of the molecule is CCC(C)NC(=O)C(Cc1ccccc1)N(Cc1ccc(Cl)cc1)C(=O)CN(c1cccc(Cl)c1Cl)S(=O)(=O)c1ccc(C)cc1. The second-order valence-electron chi connectivity index (χ2n) is 11.1. The molecule has 2 unspecified atom stereocenters. The number of carbonyl (C=O) groups is 2. The van der Waals surface area contributed by atoms with E-state index in [2.05, 4.69) is 5.32 Å². The molecule has 2 amide bonds. The number of carbonyl (C=O) groups excluding carboxylic acids is 2. The summed E-state index contributed by atoms with van der Waals surface area (Å²) in [5.41, 5.74) is 2.45. The molecule has 1 N–H and O–H groups in total.